The van der Waals surface area contributed by atoms with Gasteiger partial charge in [0.25, 0.3) is 0 Å². The number of aromatic nitrogens is 1. The molecule has 0 fully saturated rings. The fourth-order valence-corrected chi connectivity index (χ4v) is 6.52. The molecule has 2 heterocycles. The normalized spacial score (nSPS) is 11.1. The van der Waals surface area contributed by atoms with E-state index in [0.29, 0.717) is 0 Å². The van der Waals surface area contributed by atoms with Crippen molar-refractivity contribution < 1.29 is 29.9 Å². The van der Waals surface area contributed by atoms with Crippen molar-refractivity contribution in [1.82, 2.24) is 4.57 Å². The first-order chi connectivity index (χ1) is 24.7. The number of fused-ring (bicyclic) bond motifs is 4. The van der Waals surface area contributed by atoms with Crippen molar-refractivity contribution in [3.63, 3.8) is 0 Å². The third-order valence-electron chi connectivity index (χ3n) is 9.20. The first-order valence-electron chi connectivity index (χ1n) is 16.3. The molecule has 7 nitrogen and oxygen atoms in total. The molecule has 0 spiro atoms. The topological polar surface area (TPSA) is 119 Å². The van der Waals surface area contributed by atoms with Crippen molar-refractivity contribution in [2.45, 2.75) is 13.3 Å². The van der Waals surface area contributed by atoms with Gasteiger partial charge in [-0.1, -0.05) is 92.0 Å². The average Bonchev–Trinajstić information content (AvgIpc) is 3.71. The molecule has 252 valence electrons. The van der Waals surface area contributed by atoms with Crippen LogP contribution in [-0.4, -0.2) is 30.1 Å². The molecule has 0 saturated heterocycles. The van der Waals surface area contributed by atoms with Gasteiger partial charge in [-0.25, -0.2) is 0 Å². The van der Waals surface area contributed by atoms with Crippen LogP contribution in [0.15, 0.2) is 133 Å². The minimum Gasteiger partial charge on any atom is -0.504 e. The largest absolute Gasteiger partial charge is 0.504 e. The number of aromatic hydroxyl groups is 5. The van der Waals surface area contributed by atoms with Gasteiger partial charge in [-0.3, -0.25) is 0 Å². The molecule has 51 heavy (non-hydrogen) atoms. The first kappa shape index (κ1) is 32.7. The van der Waals surface area contributed by atoms with Crippen molar-refractivity contribution >= 4 is 44.9 Å². The zero-order valence-corrected chi connectivity index (χ0v) is 27.8. The van der Waals surface area contributed by atoms with Gasteiger partial charge in [-0.15, -0.1) is 0 Å². The lowest BCUT2D eigenvalue weighted by Gasteiger charge is -2.08. The lowest BCUT2D eigenvalue weighted by Crippen LogP contribution is -1.92. The highest BCUT2D eigenvalue weighted by Crippen LogP contribution is 2.50. The van der Waals surface area contributed by atoms with Crippen LogP contribution >= 0.6 is 0 Å². The van der Waals surface area contributed by atoms with Crippen LogP contribution in [-0.2, 0) is 6.42 Å². The molecule has 0 aliphatic carbocycles. The Bertz CT molecular complexity index is 2490. The second kappa shape index (κ2) is 13.2. The predicted octanol–water partition coefficient (Wildman–Crippen LogP) is 10.6. The molecule has 0 saturated carbocycles. The van der Waals surface area contributed by atoms with Crippen molar-refractivity contribution in [3.8, 4) is 45.6 Å². The molecule has 0 amide bonds. The van der Waals surface area contributed by atoms with E-state index in [-0.39, 0.29) is 5.56 Å². The molecule has 6 aromatic carbocycles. The quantitative estimate of drug-likeness (QED) is 0.0885. The minimum absolute atomic E-state index is 0.0946. The van der Waals surface area contributed by atoms with Crippen LogP contribution in [0.3, 0.4) is 0 Å². The van der Waals surface area contributed by atoms with Gasteiger partial charge in [0.15, 0.2) is 11.5 Å². The van der Waals surface area contributed by atoms with E-state index in [1.807, 2.05) is 12.1 Å². The third kappa shape index (κ3) is 5.81. The van der Waals surface area contributed by atoms with Crippen LogP contribution < -0.4 is 0 Å². The Balaban J connectivity index is 0.000000289. The Labute approximate surface area is 294 Å². The number of para-hydroxylation sites is 2. The fraction of sp³-hybridized carbons (Fsp3) is 0.0455. The van der Waals surface area contributed by atoms with E-state index < -0.39 is 28.7 Å². The number of phenolic OH excluding ortho intramolecular Hbond substituents is 5. The Morgan fingerprint density at radius 1 is 0.569 bits per heavy atom. The van der Waals surface area contributed by atoms with Crippen LogP contribution in [0.2, 0.25) is 0 Å². The van der Waals surface area contributed by atoms with Crippen molar-refractivity contribution in [2.75, 3.05) is 0 Å². The lowest BCUT2D eigenvalue weighted by atomic mass is 9.98. The lowest BCUT2D eigenvalue weighted by molar-refractivity contribution is 0.325. The molecule has 2 aromatic heterocycles. The van der Waals surface area contributed by atoms with Crippen LogP contribution in [0.1, 0.15) is 28.0 Å². The number of phenols is 5. The summed E-state index contributed by atoms with van der Waals surface area (Å²) in [7, 11) is 0. The number of hydrogen-bond donors (Lipinski definition) is 5. The first-order valence-corrected chi connectivity index (χ1v) is 16.3. The van der Waals surface area contributed by atoms with Gasteiger partial charge in [-0.2, -0.15) is 0 Å². The number of rotatable bonds is 6. The molecular weight excluding hydrogens is 638 g/mol. The summed E-state index contributed by atoms with van der Waals surface area (Å²) >= 11 is 0. The van der Waals surface area contributed by atoms with Gasteiger partial charge < -0.3 is 34.5 Å². The monoisotopic (exact) mass is 673 g/mol. The van der Waals surface area contributed by atoms with Crippen molar-refractivity contribution in [1.29, 1.82) is 0 Å². The summed E-state index contributed by atoms with van der Waals surface area (Å²) < 4.78 is 8.25. The molecule has 7 heteroatoms. The molecule has 8 aromatic rings. The zero-order chi connectivity index (χ0) is 35.8. The summed E-state index contributed by atoms with van der Waals surface area (Å²) in [4.78, 5) is 0. The number of nitrogens with zero attached hydrogens (tertiary/aromatic N) is 1. The Morgan fingerprint density at radius 3 is 1.86 bits per heavy atom. The van der Waals surface area contributed by atoms with Gasteiger partial charge in [0.2, 0.25) is 17.2 Å². The summed E-state index contributed by atoms with van der Waals surface area (Å²) in [6.07, 6.45) is 4.44. The summed E-state index contributed by atoms with van der Waals surface area (Å²) in [5.41, 5.74) is 10.3. The maximum atomic E-state index is 9.01. The van der Waals surface area contributed by atoms with E-state index in [0.717, 1.165) is 28.7 Å². The van der Waals surface area contributed by atoms with Gasteiger partial charge in [0.05, 0.1) is 11.0 Å². The predicted molar refractivity (Wildman–Crippen MR) is 205 cm³/mol. The average molecular weight is 674 g/mol. The van der Waals surface area contributed by atoms with Crippen LogP contribution in [0.4, 0.5) is 0 Å². The number of furan rings is 1. The smallest absolute Gasteiger partial charge is 0.208 e. The molecule has 0 unspecified atom stereocenters. The standard InChI is InChI=1S/C37H27NO.C7H8O5/c1-3-30-33-23-26(16-21-37(33)39-36(30)4-2)22-25-14-17-27(18-15-25)28-19-20-35-32(24-28)31-12-8-9-13-34(31)38(35)29-10-6-5-7-11-29;1-2-3(8)5(10)7(12)6(11)4(2)9/h3-21,23-24H,1-2,22H2;8-12H,1H3. The number of benzene rings is 6. The summed E-state index contributed by atoms with van der Waals surface area (Å²) in [5, 5.41) is 48.3. The van der Waals surface area contributed by atoms with E-state index in [1.54, 1.807) is 6.08 Å². The van der Waals surface area contributed by atoms with Gasteiger partial charge in [0, 0.05) is 33.0 Å². The molecular formula is C44H35NO6. The van der Waals surface area contributed by atoms with E-state index in [9.17, 15) is 0 Å². The van der Waals surface area contributed by atoms with Gasteiger partial charge in [0.1, 0.15) is 11.3 Å². The molecule has 0 radical (unpaired) electrons. The highest BCUT2D eigenvalue weighted by atomic mass is 16.4. The van der Waals surface area contributed by atoms with E-state index in [1.165, 1.54) is 56.7 Å². The minimum atomic E-state index is -0.935. The Morgan fingerprint density at radius 2 is 1.18 bits per heavy atom. The van der Waals surface area contributed by atoms with Crippen LogP contribution in [0, 0.1) is 6.92 Å². The maximum Gasteiger partial charge on any atom is 0.208 e. The van der Waals surface area contributed by atoms with Crippen molar-refractivity contribution in [2.24, 2.45) is 0 Å². The second-order valence-electron chi connectivity index (χ2n) is 12.3. The third-order valence-corrected chi connectivity index (χ3v) is 9.20. The van der Waals surface area contributed by atoms with E-state index in [2.05, 4.69) is 127 Å². The number of hydrogen-bond acceptors (Lipinski definition) is 6. The molecule has 5 N–H and O–H groups in total. The second-order valence-corrected chi connectivity index (χ2v) is 12.3. The maximum absolute atomic E-state index is 9.01. The highest BCUT2D eigenvalue weighted by Gasteiger charge is 2.20. The molecule has 0 bridgehead atoms. The molecule has 8 rings (SSSR count). The molecule has 0 atom stereocenters. The van der Waals surface area contributed by atoms with Gasteiger partial charge in [-0.05, 0) is 84.1 Å². The highest BCUT2D eigenvalue weighted by molar-refractivity contribution is 6.10. The molecule has 0 aliphatic heterocycles. The summed E-state index contributed by atoms with van der Waals surface area (Å²) in [6, 6.07) is 41.3. The molecule has 0 aliphatic rings. The van der Waals surface area contributed by atoms with Crippen LogP contribution in [0.25, 0.3) is 61.7 Å². The van der Waals surface area contributed by atoms with Crippen LogP contribution in [0.5, 0.6) is 28.7 Å². The Hall–Kier alpha value is -6.86. The SMILES string of the molecule is C=Cc1oc2ccc(Cc3ccc(-c4ccc5c(c4)c4ccccc4n5-c4ccccc4)cc3)cc2c1C=C.Cc1c(O)c(O)c(O)c(O)c1O. The zero-order valence-electron chi connectivity index (χ0n) is 27.8. The van der Waals surface area contributed by atoms with Crippen molar-refractivity contribution in [3.05, 3.63) is 156 Å². The summed E-state index contributed by atoms with van der Waals surface area (Å²) in [5.74, 6) is -3.16. The Kier molecular flexibility index (Phi) is 8.47. The van der Waals surface area contributed by atoms with E-state index >= 15 is 0 Å². The van der Waals surface area contributed by atoms with E-state index in [4.69, 9.17) is 29.9 Å². The van der Waals surface area contributed by atoms with Gasteiger partial charge >= 0.3 is 0 Å². The fourth-order valence-electron chi connectivity index (χ4n) is 6.52. The summed E-state index contributed by atoms with van der Waals surface area (Å²) in [6.45, 7) is 9.10.